The van der Waals surface area contributed by atoms with E-state index >= 15 is 0 Å². The molecule has 4 N–H and O–H groups in total. The van der Waals surface area contributed by atoms with Crippen molar-refractivity contribution in [3.8, 4) is 0 Å². The Labute approximate surface area is 116 Å². The molecule has 1 aromatic rings. The molecule has 0 aliphatic carbocycles. The highest BCUT2D eigenvalue weighted by Crippen LogP contribution is 2.21. The fraction of sp³-hybridized carbons (Fsp3) is 0.385. The number of carboxylic acids is 1. The number of halogens is 1. The van der Waals surface area contributed by atoms with E-state index in [0.29, 0.717) is 5.69 Å². The zero-order valence-corrected chi connectivity index (χ0v) is 11.6. The molecule has 104 valence electrons. The van der Waals surface area contributed by atoms with E-state index in [1.807, 2.05) is 13.8 Å². The predicted molar refractivity (Wildman–Crippen MR) is 74.5 cm³/mol. The molecule has 1 rings (SSSR count). The third-order valence-electron chi connectivity index (χ3n) is 2.76. The Morgan fingerprint density at radius 2 is 2.05 bits per heavy atom. The van der Waals surface area contributed by atoms with Gasteiger partial charge in [-0.05, 0) is 24.1 Å². The molecule has 0 radical (unpaired) electrons. The van der Waals surface area contributed by atoms with Crippen molar-refractivity contribution in [2.24, 2.45) is 11.7 Å². The van der Waals surface area contributed by atoms with E-state index in [1.54, 1.807) is 0 Å². The lowest BCUT2D eigenvalue weighted by atomic mass is 10.0. The number of nitrogens with two attached hydrogens (primary N) is 1. The summed E-state index contributed by atoms with van der Waals surface area (Å²) in [5.41, 5.74) is 6.25. The number of nitrogens with one attached hydrogen (secondary N) is 1. The molecule has 0 aliphatic heterocycles. The topological polar surface area (TPSA) is 92.4 Å². The van der Waals surface area contributed by atoms with Crippen LogP contribution >= 0.6 is 11.6 Å². The van der Waals surface area contributed by atoms with Crippen molar-refractivity contribution in [3.05, 3.63) is 28.8 Å². The molecule has 19 heavy (non-hydrogen) atoms. The molecular formula is C13H17ClN2O3. The van der Waals surface area contributed by atoms with Crippen LogP contribution in [0.15, 0.2) is 18.2 Å². The van der Waals surface area contributed by atoms with Gasteiger partial charge in [-0.15, -0.1) is 0 Å². The molecule has 5 nitrogen and oxygen atoms in total. The first kappa shape index (κ1) is 15.5. The molecule has 0 heterocycles. The molecular weight excluding hydrogens is 268 g/mol. The van der Waals surface area contributed by atoms with E-state index < -0.39 is 5.97 Å². The minimum absolute atomic E-state index is 0.00134. The van der Waals surface area contributed by atoms with Gasteiger partial charge in [0.15, 0.2) is 0 Å². The Bertz CT molecular complexity index is 489. The first-order chi connectivity index (χ1) is 8.81. The lowest BCUT2D eigenvalue weighted by molar-refractivity contribution is -0.116. The molecule has 6 heteroatoms. The lowest BCUT2D eigenvalue weighted by Gasteiger charge is -2.15. The molecule has 1 aromatic carbocycles. The number of carbonyl (C=O) groups excluding carboxylic acids is 1. The largest absolute Gasteiger partial charge is 0.478 e. The summed E-state index contributed by atoms with van der Waals surface area (Å²) >= 11 is 5.81. The molecule has 0 fully saturated rings. The van der Waals surface area contributed by atoms with Gasteiger partial charge < -0.3 is 16.2 Å². The number of anilines is 1. The molecule has 0 saturated carbocycles. The first-order valence-corrected chi connectivity index (χ1v) is 6.27. The van der Waals surface area contributed by atoms with Crippen molar-refractivity contribution in [1.82, 2.24) is 0 Å². The maximum atomic E-state index is 11.7. The SMILES string of the molecule is CC(C)C(N)CC(=O)Nc1ccc(C(=O)O)c(Cl)c1. The van der Waals surface area contributed by atoms with Gasteiger partial charge in [0.05, 0.1) is 10.6 Å². The summed E-state index contributed by atoms with van der Waals surface area (Å²) in [6, 6.07) is 4.04. The van der Waals surface area contributed by atoms with Crippen LogP contribution in [0.1, 0.15) is 30.6 Å². The molecule has 0 aliphatic rings. The van der Waals surface area contributed by atoms with Crippen LogP contribution in [0.4, 0.5) is 5.69 Å². The van der Waals surface area contributed by atoms with Crippen molar-refractivity contribution in [1.29, 1.82) is 0 Å². The van der Waals surface area contributed by atoms with E-state index in [1.165, 1.54) is 18.2 Å². The van der Waals surface area contributed by atoms with Crippen LogP contribution in [0, 0.1) is 5.92 Å². The summed E-state index contributed by atoms with van der Waals surface area (Å²) in [5, 5.41) is 11.6. The van der Waals surface area contributed by atoms with Gasteiger partial charge >= 0.3 is 5.97 Å². The van der Waals surface area contributed by atoms with Crippen LogP contribution in [0.2, 0.25) is 5.02 Å². The summed E-state index contributed by atoms with van der Waals surface area (Å²) in [4.78, 5) is 22.5. The van der Waals surface area contributed by atoms with Crippen molar-refractivity contribution < 1.29 is 14.7 Å². The lowest BCUT2D eigenvalue weighted by Crippen LogP contribution is -2.31. The number of amides is 1. The van der Waals surface area contributed by atoms with Crippen LogP contribution in [-0.2, 0) is 4.79 Å². The number of hydrogen-bond acceptors (Lipinski definition) is 3. The van der Waals surface area contributed by atoms with Crippen molar-refractivity contribution in [2.75, 3.05) is 5.32 Å². The molecule has 0 spiro atoms. The monoisotopic (exact) mass is 284 g/mol. The molecule has 1 unspecified atom stereocenters. The molecule has 0 aromatic heterocycles. The van der Waals surface area contributed by atoms with Gasteiger partial charge in [-0.1, -0.05) is 25.4 Å². The fourth-order valence-electron chi connectivity index (χ4n) is 1.43. The second-order valence-corrected chi connectivity index (χ2v) is 5.07. The Balaban J connectivity index is 2.70. The Kier molecular flexibility index (Phi) is 5.32. The maximum Gasteiger partial charge on any atom is 0.337 e. The standard InChI is InChI=1S/C13H17ClN2O3/c1-7(2)11(15)6-12(17)16-8-3-4-9(13(18)19)10(14)5-8/h3-5,7,11H,6,15H2,1-2H3,(H,16,17)(H,18,19). The average molecular weight is 285 g/mol. The number of rotatable bonds is 5. The normalized spacial score (nSPS) is 12.3. The van der Waals surface area contributed by atoms with Crippen LogP contribution in [0.25, 0.3) is 0 Å². The van der Waals surface area contributed by atoms with Crippen LogP contribution < -0.4 is 11.1 Å². The minimum Gasteiger partial charge on any atom is -0.478 e. The van der Waals surface area contributed by atoms with E-state index in [4.69, 9.17) is 22.4 Å². The van der Waals surface area contributed by atoms with Crippen molar-refractivity contribution in [2.45, 2.75) is 26.3 Å². The van der Waals surface area contributed by atoms with E-state index in [2.05, 4.69) is 5.32 Å². The van der Waals surface area contributed by atoms with Gasteiger partial charge in [-0.3, -0.25) is 4.79 Å². The number of aromatic carboxylic acids is 1. The molecule has 0 saturated heterocycles. The number of carboxylic acid groups (broad SMARTS) is 1. The van der Waals surface area contributed by atoms with Gasteiger partial charge in [0.25, 0.3) is 0 Å². The second kappa shape index (κ2) is 6.54. The highest BCUT2D eigenvalue weighted by Gasteiger charge is 2.14. The highest BCUT2D eigenvalue weighted by molar-refractivity contribution is 6.33. The Hall–Kier alpha value is -1.59. The van der Waals surface area contributed by atoms with E-state index in [0.717, 1.165) is 0 Å². The number of carbonyl (C=O) groups is 2. The zero-order chi connectivity index (χ0) is 14.6. The average Bonchev–Trinajstić information content (AvgIpc) is 2.27. The number of benzene rings is 1. The third-order valence-corrected chi connectivity index (χ3v) is 3.07. The minimum atomic E-state index is -1.11. The first-order valence-electron chi connectivity index (χ1n) is 5.89. The summed E-state index contributed by atoms with van der Waals surface area (Å²) in [6.07, 6.45) is 0.204. The predicted octanol–water partition coefficient (Wildman–Crippen LogP) is 2.35. The second-order valence-electron chi connectivity index (χ2n) is 4.66. The summed E-state index contributed by atoms with van der Waals surface area (Å²) in [6.45, 7) is 3.88. The summed E-state index contributed by atoms with van der Waals surface area (Å²) in [5.74, 6) is -1.12. The van der Waals surface area contributed by atoms with Crippen LogP contribution in [-0.4, -0.2) is 23.0 Å². The smallest absolute Gasteiger partial charge is 0.337 e. The van der Waals surface area contributed by atoms with Crippen LogP contribution in [0.3, 0.4) is 0 Å². The Morgan fingerprint density at radius 3 is 2.53 bits per heavy atom. The van der Waals surface area contributed by atoms with Gasteiger partial charge in [-0.2, -0.15) is 0 Å². The highest BCUT2D eigenvalue weighted by atomic mass is 35.5. The fourth-order valence-corrected chi connectivity index (χ4v) is 1.69. The van der Waals surface area contributed by atoms with Crippen molar-refractivity contribution >= 4 is 29.2 Å². The van der Waals surface area contributed by atoms with Gasteiger partial charge in [0, 0.05) is 18.2 Å². The van der Waals surface area contributed by atoms with Gasteiger partial charge in [0.2, 0.25) is 5.91 Å². The van der Waals surface area contributed by atoms with Gasteiger partial charge in [-0.25, -0.2) is 4.79 Å². The number of hydrogen-bond donors (Lipinski definition) is 3. The van der Waals surface area contributed by atoms with Gasteiger partial charge in [0.1, 0.15) is 0 Å². The zero-order valence-electron chi connectivity index (χ0n) is 10.8. The molecule has 1 amide bonds. The van der Waals surface area contributed by atoms with Crippen molar-refractivity contribution in [3.63, 3.8) is 0 Å². The third kappa shape index (κ3) is 4.54. The van der Waals surface area contributed by atoms with Crippen LogP contribution in [0.5, 0.6) is 0 Å². The Morgan fingerprint density at radius 1 is 1.42 bits per heavy atom. The molecule has 1 atom stereocenters. The maximum absolute atomic E-state index is 11.7. The van der Waals surface area contributed by atoms with E-state index in [-0.39, 0.29) is 34.9 Å². The summed E-state index contributed by atoms with van der Waals surface area (Å²) < 4.78 is 0. The summed E-state index contributed by atoms with van der Waals surface area (Å²) in [7, 11) is 0. The quantitative estimate of drug-likeness (QED) is 0.774. The molecule has 0 bridgehead atoms. The van der Waals surface area contributed by atoms with E-state index in [9.17, 15) is 9.59 Å².